The van der Waals surface area contributed by atoms with Gasteiger partial charge in [0.2, 0.25) is 10.0 Å². The van der Waals surface area contributed by atoms with Crippen LogP contribution in [-0.4, -0.2) is 56.6 Å². The minimum absolute atomic E-state index is 0.172. The van der Waals surface area contributed by atoms with Gasteiger partial charge in [-0.2, -0.15) is 9.30 Å². The summed E-state index contributed by atoms with van der Waals surface area (Å²) in [6.45, 7) is 8.23. The largest absolute Gasteiger partial charge is 0.495 e. The number of thiazole rings is 1. The van der Waals surface area contributed by atoms with Gasteiger partial charge in [0, 0.05) is 31.8 Å². The number of benzene rings is 2. The zero-order valence-electron chi connectivity index (χ0n) is 20.7. The Kier molecular flexibility index (Phi) is 9.62. The van der Waals surface area contributed by atoms with Crippen molar-refractivity contribution in [2.45, 2.75) is 45.1 Å². The van der Waals surface area contributed by atoms with Crippen molar-refractivity contribution in [3.63, 3.8) is 0 Å². The molecule has 3 rings (SSSR count). The summed E-state index contributed by atoms with van der Waals surface area (Å²) in [5.41, 5.74) is 1.18. The van der Waals surface area contributed by atoms with Crippen LogP contribution in [0.15, 0.2) is 52.4 Å². The molecule has 0 fully saturated rings. The van der Waals surface area contributed by atoms with E-state index in [-0.39, 0.29) is 4.90 Å². The Morgan fingerprint density at radius 3 is 2.49 bits per heavy atom. The second-order valence-electron chi connectivity index (χ2n) is 7.83. The van der Waals surface area contributed by atoms with E-state index in [4.69, 9.17) is 9.47 Å². The summed E-state index contributed by atoms with van der Waals surface area (Å²) in [6.07, 6.45) is 1.71. The SMILES string of the molecule is CCCCN(CC)S(=O)(=O)c1ccc(C(=O)N=c2sc3cccc(OC)c3n2CCOCC)cc1. The Bertz CT molecular complexity index is 1310. The topological polar surface area (TPSA) is 90.2 Å². The summed E-state index contributed by atoms with van der Waals surface area (Å²) < 4.78 is 41.3. The van der Waals surface area contributed by atoms with E-state index in [9.17, 15) is 13.2 Å². The highest BCUT2D eigenvalue weighted by Gasteiger charge is 2.23. The maximum absolute atomic E-state index is 13.0. The molecule has 0 radical (unpaired) electrons. The van der Waals surface area contributed by atoms with Crippen LogP contribution in [0.1, 0.15) is 44.0 Å². The van der Waals surface area contributed by atoms with Gasteiger partial charge in [0.1, 0.15) is 11.3 Å². The van der Waals surface area contributed by atoms with Crippen molar-refractivity contribution < 1.29 is 22.7 Å². The third kappa shape index (κ3) is 6.19. The van der Waals surface area contributed by atoms with Crippen molar-refractivity contribution in [2.24, 2.45) is 4.99 Å². The number of fused-ring (bicyclic) bond motifs is 1. The molecule has 0 bridgehead atoms. The molecule has 35 heavy (non-hydrogen) atoms. The van der Waals surface area contributed by atoms with Crippen molar-refractivity contribution in [2.75, 3.05) is 33.4 Å². The number of hydrogen-bond donors (Lipinski definition) is 0. The molecule has 1 aromatic heterocycles. The first-order chi connectivity index (χ1) is 16.9. The Hall–Kier alpha value is -2.53. The molecule has 0 aliphatic carbocycles. The van der Waals surface area contributed by atoms with Gasteiger partial charge >= 0.3 is 0 Å². The first kappa shape index (κ1) is 27.1. The van der Waals surface area contributed by atoms with Crippen LogP contribution in [0.4, 0.5) is 0 Å². The van der Waals surface area contributed by atoms with Crippen molar-refractivity contribution in [1.29, 1.82) is 0 Å². The third-order valence-electron chi connectivity index (χ3n) is 5.60. The summed E-state index contributed by atoms with van der Waals surface area (Å²) in [6, 6.07) is 11.7. The van der Waals surface area contributed by atoms with Crippen molar-refractivity contribution in [1.82, 2.24) is 8.87 Å². The highest BCUT2D eigenvalue weighted by Crippen LogP contribution is 2.27. The zero-order valence-corrected chi connectivity index (χ0v) is 22.3. The number of hydrogen-bond acceptors (Lipinski definition) is 6. The van der Waals surface area contributed by atoms with E-state index in [1.807, 2.05) is 43.5 Å². The van der Waals surface area contributed by atoms with E-state index >= 15 is 0 Å². The number of aromatic nitrogens is 1. The van der Waals surface area contributed by atoms with E-state index in [0.717, 1.165) is 23.1 Å². The van der Waals surface area contributed by atoms with Gasteiger partial charge in [-0.15, -0.1) is 0 Å². The molecule has 190 valence electrons. The van der Waals surface area contributed by atoms with E-state index in [1.165, 1.54) is 39.9 Å². The highest BCUT2D eigenvalue weighted by atomic mass is 32.2. The van der Waals surface area contributed by atoms with Gasteiger partial charge in [-0.1, -0.05) is 37.7 Å². The number of amides is 1. The lowest BCUT2D eigenvalue weighted by Crippen LogP contribution is -2.31. The fraction of sp³-hybridized carbons (Fsp3) is 0.440. The molecule has 8 nitrogen and oxygen atoms in total. The summed E-state index contributed by atoms with van der Waals surface area (Å²) in [7, 11) is -2.00. The molecular formula is C25H33N3O5S2. The Morgan fingerprint density at radius 1 is 1.11 bits per heavy atom. The molecule has 2 aromatic carbocycles. The van der Waals surface area contributed by atoms with Crippen LogP contribution >= 0.6 is 11.3 Å². The predicted molar refractivity (Wildman–Crippen MR) is 139 cm³/mol. The number of nitrogens with zero attached hydrogens (tertiary/aromatic N) is 3. The summed E-state index contributed by atoms with van der Waals surface area (Å²) in [5.74, 6) is 0.255. The molecule has 1 heterocycles. The molecule has 0 spiro atoms. The van der Waals surface area contributed by atoms with Gasteiger partial charge < -0.3 is 14.0 Å². The molecule has 10 heteroatoms. The van der Waals surface area contributed by atoms with E-state index in [2.05, 4.69) is 4.99 Å². The van der Waals surface area contributed by atoms with Gasteiger partial charge in [0.05, 0.1) is 23.3 Å². The van der Waals surface area contributed by atoms with Gasteiger partial charge in [0.25, 0.3) is 5.91 Å². The predicted octanol–water partition coefficient (Wildman–Crippen LogP) is 4.30. The van der Waals surface area contributed by atoms with Gasteiger partial charge in [-0.3, -0.25) is 4.79 Å². The maximum atomic E-state index is 13.0. The van der Waals surface area contributed by atoms with E-state index in [0.29, 0.717) is 49.0 Å². The van der Waals surface area contributed by atoms with Crippen LogP contribution < -0.4 is 9.54 Å². The zero-order chi connectivity index (χ0) is 25.4. The quantitative estimate of drug-likeness (QED) is 0.333. The number of carbonyl (C=O) groups excluding carboxylic acids is 1. The molecule has 0 saturated heterocycles. The second kappa shape index (κ2) is 12.4. The lowest BCUT2D eigenvalue weighted by atomic mass is 10.2. The van der Waals surface area contributed by atoms with Crippen LogP contribution in [-0.2, 0) is 21.3 Å². The molecule has 0 aliphatic rings. The normalized spacial score (nSPS) is 12.5. The van der Waals surface area contributed by atoms with Crippen molar-refractivity contribution in [3.8, 4) is 5.75 Å². The monoisotopic (exact) mass is 519 g/mol. The molecule has 1 amide bonds. The van der Waals surface area contributed by atoms with E-state index in [1.54, 1.807) is 7.11 Å². The number of sulfonamides is 1. The van der Waals surface area contributed by atoms with Gasteiger partial charge in [-0.25, -0.2) is 8.42 Å². The van der Waals surface area contributed by atoms with Crippen LogP contribution in [0.2, 0.25) is 0 Å². The van der Waals surface area contributed by atoms with Crippen LogP contribution in [0.5, 0.6) is 5.75 Å². The minimum atomic E-state index is -3.61. The second-order valence-corrected chi connectivity index (χ2v) is 10.8. The van der Waals surface area contributed by atoms with Crippen LogP contribution in [0.3, 0.4) is 0 Å². The molecule has 0 unspecified atom stereocenters. The molecule has 0 aliphatic heterocycles. The van der Waals surface area contributed by atoms with Crippen LogP contribution in [0, 0.1) is 0 Å². The first-order valence-electron chi connectivity index (χ1n) is 11.8. The maximum Gasteiger partial charge on any atom is 0.279 e. The molecule has 0 atom stereocenters. The fourth-order valence-corrected chi connectivity index (χ4v) is 6.27. The average molecular weight is 520 g/mol. The van der Waals surface area contributed by atoms with Crippen molar-refractivity contribution in [3.05, 3.63) is 52.8 Å². The Morgan fingerprint density at radius 2 is 1.86 bits per heavy atom. The number of rotatable bonds is 12. The van der Waals surface area contributed by atoms with Crippen molar-refractivity contribution >= 4 is 37.5 Å². The highest BCUT2D eigenvalue weighted by molar-refractivity contribution is 7.89. The number of methoxy groups -OCH3 is 1. The molecular weight excluding hydrogens is 486 g/mol. The number of carbonyl (C=O) groups is 1. The number of ether oxygens (including phenoxy) is 2. The molecule has 0 N–H and O–H groups in total. The smallest absolute Gasteiger partial charge is 0.279 e. The van der Waals surface area contributed by atoms with Gasteiger partial charge in [-0.05, 0) is 49.7 Å². The number of para-hydroxylation sites is 1. The fourth-order valence-electron chi connectivity index (χ4n) is 3.71. The Labute approximate surface area is 210 Å². The summed E-state index contributed by atoms with van der Waals surface area (Å²) >= 11 is 1.39. The standard InChI is InChI=1S/C25H33N3O5S2/c1-5-8-16-27(6-2)35(30,31)20-14-12-19(13-15-20)24(29)26-25-28(17-18-33-7-3)23-21(32-4)10-9-11-22(23)34-25/h9-15H,5-8,16-18H2,1-4H3. The molecule has 0 saturated carbocycles. The van der Waals surface area contributed by atoms with Crippen LogP contribution in [0.25, 0.3) is 10.2 Å². The minimum Gasteiger partial charge on any atom is -0.495 e. The Balaban J connectivity index is 1.95. The summed E-state index contributed by atoms with van der Waals surface area (Å²) in [4.78, 5) is 18.1. The van der Waals surface area contributed by atoms with E-state index < -0.39 is 15.9 Å². The third-order valence-corrected chi connectivity index (χ3v) is 8.63. The van der Waals surface area contributed by atoms with Gasteiger partial charge in [0.15, 0.2) is 4.80 Å². The lowest BCUT2D eigenvalue weighted by molar-refractivity contribution is 0.0996. The number of unbranched alkanes of at least 4 members (excludes halogenated alkanes) is 1. The first-order valence-corrected chi connectivity index (χ1v) is 14.1. The summed E-state index contributed by atoms with van der Waals surface area (Å²) in [5, 5.41) is 0. The average Bonchev–Trinajstić information content (AvgIpc) is 3.21. The molecule has 3 aromatic rings. The lowest BCUT2D eigenvalue weighted by Gasteiger charge is -2.20.